The lowest BCUT2D eigenvalue weighted by Gasteiger charge is -2.24. The van der Waals surface area contributed by atoms with Gasteiger partial charge >= 0.3 is 0 Å². The summed E-state index contributed by atoms with van der Waals surface area (Å²) in [5.74, 6) is -0.539. The lowest BCUT2D eigenvalue weighted by atomic mass is 10.1. The summed E-state index contributed by atoms with van der Waals surface area (Å²) in [5.41, 5.74) is 1.15. The van der Waals surface area contributed by atoms with Crippen LogP contribution in [0.1, 0.15) is 30.1 Å². The second kappa shape index (κ2) is 6.91. The van der Waals surface area contributed by atoms with Gasteiger partial charge in [-0.2, -0.15) is 5.10 Å². The van der Waals surface area contributed by atoms with Gasteiger partial charge in [-0.15, -0.1) is 0 Å². The first kappa shape index (κ1) is 15.7. The van der Waals surface area contributed by atoms with E-state index in [0.29, 0.717) is 29.9 Å². The van der Waals surface area contributed by atoms with Crippen molar-refractivity contribution in [1.29, 1.82) is 0 Å². The van der Waals surface area contributed by atoms with E-state index in [0.717, 1.165) is 19.4 Å². The third-order valence-electron chi connectivity index (χ3n) is 4.13. The number of carbonyl (C=O) groups excluding carboxylic acids is 1. The second-order valence-electron chi connectivity index (χ2n) is 5.62. The van der Waals surface area contributed by atoms with Gasteiger partial charge in [-0.05, 0) is 31.9 Å². The van der Waals surface area contributed by atoms with Gasteiger partial charge < -0.3 is 9.64 Å². The predicted octanol–water partition coefficient (Wildman–Crippen LogP) is 2.86. The summed E-state index contributed by atoms with van der Waals surface area (Å²) in [6, 6.07) is 6.36. The maximum atomic E-state index is 14.0. The lowest BCUT2D eigenvalue weighted by molar-refractivity contribution is 0.0540. The Bertz CT molecular complexity index is 680. The highest BCUT2D eigenvalue weighted by Crippen LogP contribution is 2.25. The van der Waals surface area contributed by atoms with Crippen LogP contribution in [0.4, 0.5) is 4.39 Å². The van der Waals surface area contributed by atoms with Gasteiger partial charge in [-0.25, -0.2) is 4.39 Å². The molecule has 1 aromatic carbocycles. The molecule has 5 nitrogen and oxygen atoms in total. The molecule has 3 rings (SSSR count). The summed E-state index contributed by atoms with van der Waals surface area (Å²) < 4.78 is 19.6. The number of benzene rings is 1. The van der Waals surface area contributed by atoms with Crippen LogP contribution in [0.3, 0.4) is 0 Å². The third kappa shape index (κ3) is 3.27. The average Bonchev–Trinajstić information content (AvgIpc) is 3.24. The monoisotopic (exact) mass is 317 g/mol. The number of likely N-dealkylation sites (N-methyl/N-ethyl adjacent to an activating group) is 1. The number of hydrogen-bond acceptors (Lipinski definition) is 3. The van der Waals surface area contributed by atoms with Crippen LogP contribution in [0, 0.1) is 5.82 Å². The Labute approximate surface area is 134 Å². The number of hydrogen-bond donors (Lipinski definition) is 1. The minimum Gasteiger partial charge on any atom is -0.376 e. The summed E-state index contributed by atoms with van der Waals surface area (Å²) >= 11 is 0. The number of amides is 1. The molecule has 23 heavy (non-hydrogen) atoms. The SMILES string of the molecule is CCN(CC1CCCO1)C(=O)c1cn[nH]c1-c1ccccc1F. The van der Waals surface area contributed by atoms with E-state index < -0.39 is 0 Å². The van der Waals surface area contributed by atoms with E-state index in [1.165, 1.54) is 12.3 Å². The zero-order valence-electron chi connectivity index (χ0n) is 13.1. The molecule has 2 heterocycles. The Morgan fingerprint density at radius 1 is 1.48 bits per heavy atom. The summed E-state index contributed by atoms with van der Waals surface area (Å²) in [6.45, 7) is 3.80. The number of carbonyl (C=O) groups is 1. The van der Waals surface area contributed by atoms with Crippen molar-refractivity contribution in [3.8, 4) is 11.3 Å². The van der Waals surface area contributed by atoms with E-state index in [1.54, 1.807) is 23.1 Å². The summed E-state index contributed by atoms with van der Waals surface area (Å²) in [6.07, 6.45) is 3.54. The molecule has 1 unspecified atom stereocenters. The fourth-order valence-electron chi connectivity index (χ4n) is 2.88. The lowest BCUT2D eigenvalue weighted by Crippen LogP contribution is -2.37. The van der Waals surface area contributed by atoms with E-state index in [1.807, 2.05) is 6.92 Å². The molecule has 0 saturated carbocycles. The number of nitrogens with one attached hydrogen (secondary N) is 1. The van der Waals surface area contributed by atoms with Gasteiger partial charge in [0, 0.05) is 25.3 Å². The Balaban J connectivity index is 1.85. The standard InChI is InChI=1S/C17H20FN3O2/c1-2-21(11-12-6-5-9-23-12)17(22)14-10-19-20-16(14)13-7-3-4-8-15(13)18/h3-4,7-8,10,12H,2,5-6,9,11H2,1H3,(H,19,20). The topological polar surface area (TPSA) is 58.2 Å². The summed E-state index contributed by atoms with van der Waals surface area (Å²) in [4.78, 5) is 14.5. The van der Waals surface area contributed by atoms with Crippen LogP contribution in [0.25, 0.3) is 11.3 Å². The summed E-state index contributed by atoms with van der Waals surface area (Å²) in [5, 5.41) is 6.69. The Hall–Kier alpha value is -2.21. The molecule has 1 saturated heterocycles. The molecule has 1 aliphatic heterocycles. The largest absolute Gasteiger partial charge is 0.376 e. The van der Waals surface area contributed by atoms with Crippen molar-refractivity contribution in [3.63, 3.8) is 0 Å². The first-order valence-corrected chi connectivity index (χ1v) is 7.89. The zero-order chi connectivity index (χ0) is 16.2. The molecule has 1 aromatic heterocycles. The Kier molecular flexibility index (Phi) is 4.71. The predicted molar refractivity (Wildman–Crippen MR) is 84.5 cm³/mol. The number of halogens is 1. The Morgan fingerprint density at radius 2 is 2.30 bits per heavy atom. The maximum absolute atomic E-state index is 14.0. The third-order valence-corrected chi connectivity index (χ3v) is 4.13. The highest BCUT2D eigenvalue weighted by atomic mass is 19.1. The highest BCUT2D eigenvalue weighted by Gasteiger charge is 2.25. The van der Waals surface area contributed by atoms with E-state index in [9.17, 15) is 9.18 Å². The van der Waals surface area contributed by atoms with Gasteiger partial charge in [0.05, 0.1) is 23.6 Å². The van der Waals surface area contributed by atoms with Crippen molar-refractivity contribution in [2.24, 2.45) is 0 Å². The van der Waals surface area contributed by atoms with Gasteiger partial charge in [0.2, 0.25) is 0 Å². The van der Waals surface area contributed by atoms with Crippen LogP contribution in [0.2, 0.25) is 0 Å². The average molecular weight is 317 g/mol. The second-order valence-corrected chi connectivity index (χ2v) is 5.62. The van der Waals surface area contributed by atoms with Gasteiger partial charge in [-0.1, -0.05) is 12.1 Å². The molecule has 0 radical (unpaired) electrons. The molecule has 1 atom stereocenters. The van der Waals surface area contributed by atoms with Crippen LogP contribution < -0.4 is 0 Å². The van der Waals surface area contributed by atoms with Crippen molar-refractivity contribution in [2.75, 3.05) is 19.7 Å². The van der Waals surface area contributed by atoms with Crippen molar-refractivity contribution in [1.82, 2.24) is 15.1 Å². The minimum atomic E-state index is -0.382. The molecular weight excluding hydrogens is 297 g/mol. The molecule has 0 bridgehead atoms. The van der Waals surface area contributed by atoms with Crippen molar-refractivity contribution >= 4 is 5.91 Å². The minimum absolute atomic E-state index is 0.0858. The van der Waals surface area contributed by atoms with E-state index in [2.05, 4.69) is 10.2 Å². The van der Waals surface area contributed by atoms with Crippen molar-refractivity contribution in [2.45, 2.75) is 25.9 Å². The quantitative estimate of drug-likeness (QED) is 0.922. The first-order valence-electron chi connectivity index (χ1n) is 7.89. The number of aromatic nitrogens is 2. The maximum Gasteiger partial charge on any atom is 0.257 e. The smallest absolute Gasteiger partial charge is 0.257 e. The van der Waals surface area contributed by atoms with Crippen molar-refractivity contribution < 1.29 is 13.9 Å². The molecule has 1 aliphatic rings. The van der Waals surface area contributed by atoms with E-state index in [4.69, 9.17) is 4.74 Å². The number of nitrogens with zero attached hydrogens (tertiary/aromatic N) is 2. The summed E-state index contributed by atoms with van der Waals surface area (Å²) in [7, 11) is 0. The molecule has 2 aromatic rings. The van der Waals surface area contributed by atoms with Crippen LogP contribution in [-0.4, -0.2) is 46.8 Å². The number of rotatable bonds is 5. The molecule has 0 spiro atoms. The van der Waals surface area contributed by atoms with Gasteiger partial charge in [0.1, 0.15) is 5.82 Å². The van der Waals surface area contributed by atoms with Crippen LogP contribution in [0.15, 0.2) is 30.5 Å². The van der Waals surface area contributed by atoms with Crippen LogP contribution >= 0.6 is 0 Å². The fourth-order valence-corrected chi connectivity index (χ4v) is 2.88. The zero-order valence-corrected chi connectivity index (χ0v) is 13.1. The van der Waals surface area contributed by atoms with E-state index >= 15 is 0 Å². The highest BCUT2D eigenvalue weighted by molar-refractivity contribution is 5.99. The molecule has 0 aliphatic carbocycles. The molecule has 6 heteroatoms. The van der Waals surface area contributed by atoms with Crippen LogP contribution in [-0.2, 0) is 4.74 Å². The molecule has 122 valence electrons. The van der Waals surface area contributed by atoms with E-state index in [-0.39, 0.29) is 17.8 Å². The fraction of sp³-hybridized carbons (Fsp3) is 0.412. The molecule has 1 N–H and O–H groups in total. The van der Waals surface area contributed by atoms with Gasteiger partial charge in [0.15, 0.2) is 0 Å². The number of H-pyrrole nitrogens is 1. The van der Waals surface area contributed by atoms with Crippen molar-refractivity contribution in [3.05, 3.63) is 41.8 Å². The molecular formula is C17H20FN3O2. The van der Waals surface area contributed by atoms with Gasteiger partial charge in [0.25, 0.3) is 5.91 Å². The van der Waals surface area contributed by atoms with Crippen LogP contribution in [0.5, 0.6) is 0 Å². The first-order chi connectivity index (χ1) is 11.2. The number of ether oxygens (including phenoxy) is 1. The number of aromatic amines is 1. The normalized spacial score (nSPS) is 17.4. The molecule has 1 fully saturated rings. The Morgan fingerprint density at radius 3 is 3.00 bits per heavy atom. The van der Waals surface area contributed by atoms with Gasteiger partial charge in [-0.3, -0.25) is 9.89 Å². The molecule has 1 amide bonds.